The van der Waals surface area contributed by atoms with Crippen LogP contribution in [0.2, 0.25) is 0 Å². The molecule has 0 fully saturated rings. The van der Waals surface area contributed by atoms with Crippen molar-refractivity contribution < 1.29 is 9.53 Å². The second-order valence-electron chi connectivity index (χ2n) is 5.89. The minimum absolute atomic E-state index is 0.0750. The number of nitrogens with one attached hydrogen (secondary N) is 1. The summed E-state index contributed by atoms with van der Waals surface area (Å²) in [5.41, 5.74) is 4.00. The van der Waals surface area contributed by atoms with Crippen LogP contribution in [0.3, 0.4) is 0 Å². The first kappa shape index (κ1) is 14.0. The molecule has 1 amide bonds. The van der Waals surface area contributed by atoms with Crippen molar-refractivity contribution in [2.24, 2.45) is 7.05 Å². The number of ether oxygens (including phenoxy) is 1. The number of hydrogen-bond acceptors (Lipinski definition) is 2. The summed E-state index contributed by atoms with van der Waals surface area (Å²) in [7, 11) is 1.92. The Labute approximate surface area is 134 Å². The molecule has 1 N–H and O–H groups in total. The molecular formula is C19H18N2O2. The van der Waals surface area contributed by atoms with Gasteiger partial charge in [0.05, 0.1) is 19.3 Å². The van der Waals surface area contributed by atoms with Crippen molar-refractivity contribution in [1.82, 2.24) is 9.88 Å². The average Bonchev–Trinajstić information content (AvgIpc) is 2.93. The van der Waals surface area contributed by atoms with E-state index in [1.54, 1.807) is 0 Å². The third-order valence-electron chi connectivity index (χ3n) is 4.46. The first-order valence-electron chi connectivity index (χ1n) is 7.75. The number of fused-ring (bicyclic) bond motifs is 2. The number of aromatic nitrogens is 1. The van der Waals surface area contributed by atoms with Crippen LogP contribution in [0.1, 0.15) is 27.7 Å². The van der Waals surface area contributed by atoms with Crippen molar-refractivity contribution in [2.45, 2.75) is 12.6 Å². The summed E-state index contributed by atoms with van der Waals surface area (Å²) in [5.74, 6) is -0.0750. The van der Waals surface area contributed by atoms with E-state index in [4.69, 9.17) is 4.74 Å². The molecule has 1 atom stereocenters. The van der Waals surface area contributed by atoms with E-state index in [1.807, 2.05) is 60.1 Å². The molecule has 1 unspecified atom stereocenters. The van der Waals surface area contributed by atoms with Crippen LogP contribution < -0.4 is 5.32 Å². The molecular weight excluding hydrogens is 288 g/mol. The Morgan fingerprint density at radius 2 is 1.96 bits per heavy atom. The Kier molecular flexibility index (Phi) is 3.39. The number of rotatable bonds is 2. The summed E-state index contributed by atoms with van der Waals surface area (Å²) < 4.78 is 7.54. The SMILES string of the molecule is Cn1c(C(=O)NC2COCc3ccccc32)cc2ccccc21. The van der Waals surface area contributed by atoms with Crippen LogP contribution >= 0.6 is 0 Å². The molecule has 1 aromatic heterocycles. The predicted octanol–water partition coefficient (Wildman–Crippen LogP) is 3.18. The molecule has 4 heteroatoms. The Hall–Kier alpha value is -2.59. The minimum Gasteiger partial charge on any atom is -0.374 e. The van der Waals surface area contributed by atoms with Gasteiger partial charge in [0.25, 0.3) is 5.91 Å². The number of aryl methyl sites for hydroxylation is 1. The van der Waals surface area contributed by atoms with Crippen LogP contribution in [-0.2, 0) is 18.4 Å². The van der Waals surface area contributed by atoms with E-state index < -0.39 is 0 Å². The largest absolute Gasteiger partial charge is 0.374 e. The summed E-state index contributed by atoms with van der Waals surface area (Å²) >= 11 is 0. The minimum atomic E-state index is -0.106. The van der Waals surface area contributed by atoms with Gasteiger partial charge in [0.15, 0.2) is 0 Å². The quantitative estimate of drug-likeness (QED) is 0.790. The molecule has 2 heterocycles. The van der Waals surface area contributed by atoms with Gasteiger partial charge in [-0.05, 0) is 23.3 Å². The average molecular weight is 306 g/mol. The fraction of sp³-hybridized carbons (Fsp3) is 0.211. The molecule has 116 valence electrons. The maximum atomic E-state index is 12.7. The Bertz CT molecular complexity index is 882. The molecule has 0 radical (unpaired) electrons. The van der Waals surface area contributed by atoms with Gasteiger partial charge in [-0.15, -0.1) is 0 Å². The molecule has 23 heavy (non-hydrogen) atoms. The monoisotopic (exact) mass is 306 g/mol. The first-order valence-corrected chi connectivity index (χ1v) is 7.75. The molecule has 3 aromatic rings. The Balaban J connectivity index is 1.64. The second kappa shape index (κ2) is 5.56. The van der Waals surface area contributed by atoms with E-state index in [2.05, 4.69) is 11.4 Å². The summed E-state index contributed by atoms with van der Waals surface area (Å²) in [5, 5.41) is 4.18. The van der Waals surface area contributed by atoms with E-state index >= 15 is 0 Å². The summed E-state index contributed by atoms with van der Waals surface area (Å²) in [6, 6.07) is 17.9. The normalized spacial score (nSPS) is 17.0. The Morgan fingerprint density at radius 3 is 2.83 bits per heavy atom. The first-order chi connectivity index (χ1) is 11.2. The molecule has 2 aromatic carbocycles. The van der Waals surface area contributed by atoms with Gasteiger partial charge in [-0.1, -0.05) is 42.5 Å². The lowest BCUT2D eigenvalue weighted by Crippen LogP contribution is -2.35. The van der Waals surface area contributed by atoms with Crippen LogP contribution in [-0.4, -0.2) is 17.1 Å². The highest BCUT2D eigenvalue weighted by Crippen LogP contribution is 2.25. The van der Waals surface area contributed by atoms with E-state index in [0.29, 0.717) is 18.9 Å². The van der Waals surface area contributed by atoms with E-state index in [0.717, 1.165) is 22.0 Å². The Morgan fingerprint density at radius 1 is 1.17 bits per heavy atom. The van der Waals surface area contributed by atoms with Crippen molar-refractivity contribution in [3.8, 4) is 0 Å². The maximum Gasteiger partial charge on any atom is 0.268 e. The van der Waals surface area contributed by atoms with Gasteiger partial charge in [0, 0.05) is 18.0 Å². The number of carbonyl (C=O) groups is 1. The predicted molar refractivity (Wildman–Crippen MR) is 89.2 cm³/mol. The molecule has 0 saturated carbocycles. The third kappa shape index (κ3) is 2.41. The number of hydrogen-bond donors (Lipinski definition) is 1. The van der Waals surface area contributed by atoms with Crippen molar-refractivity contribution in [3.63, 3.8) is 0 Å². The molecule has 1 aliphatic rings. The summed E-state index contributed by atoms with van der Waals surface area (Å²) in [4.78, 5) is 12.7. The van der Waals surface area contributed by atoms with Crippen molar-refractivity contribution in [2.75, 3.05) is 6.61 Å². The van der Waals surface area contributed by atoms with Crippen LogP contribution in [0.4, 0.5) is 0 Å². The fourth-order valence-electron chi connectivity index (χ4n) is 3.24. The fourth-order valence-corrected chi connectivity index (χ4v) is 3.24. The zero-order valence-electron chi connectivity index (χ0n) is 13.0. The molecule has 1 aliphatic heterocycles. The highest BCUT2D eigenvalue weighted by atomic mass is 16.5. The molecule has 4 nitrogen and oxygen atoms in total. The molecule has 0 aliphatic carbocycles. The lowest BCUT2D eigenvalue weighted by molar-refractivity contribution is 0.0704. The van der Waals surface area contributed by atoms with Crippen LogP contribution in [0, 0.1) is 0 Å². The lowest BCUT2D eigenvalue weighted by Gasteiger charge is -2.26. The topological polar surface area (TPSA) is 43.3 Å². The van der Waals surface area contributed by atoms with Crippen LogP contribution in [0.15, 0.2) is 54.6 Å². The second-order valence-corrected chi connectivity index (χ2v) is 5.89. The van der Waals surface area contributed by atoms with Gasteiger partial charge in [0.2, 0.25) is 0 Å². The van der Waals surface area contributed by atoms with Crippen molar-refractivity contribution in [3.05, 3.63) is 71.4 Å². The molecule has 0 bridgehead atoms. The van der Waals surface area contributed by atoms with E-state index in [9.17, 15) is 4.79 Å². The van der Waals surface area contributed by atoms with Gasteiger partial charge in [-0.25, -0.2) is 0 Å². The molecule has 0 saturated heterocycles. The number of benzene rings is 2. The highest BCUT2D eigenvalue weighted by molar-refractivity contribution is 5.98. The molecule has 4 rings (SSSR count). The van der Waals surface area contributed by atoms with Crippen molar-refractivity contribution in [1.29, 1.82) is 0 Å². The number of nitrogens with zero attached hydrogens (tertiary/aromatic N) is 1. The summed E-state index contributed by atoms with van der Waals surface area (Å²) in [6.45, 7) is 1.11. The van der Waals surface area contributed by atoms with Crippen LogP contribution in [0.5, 0.6) is 0 Å². The smallest absolute Gasteiger partial charge is 0.268 e. The van der Waals surface area contributed by atoms with Gasteiger partial charge in [-0.2, -0.15) is 0 Å². The number of para-hydroxylation sites is 1. The van der Waals surface area contributed by atoms with E-state index in [-0.39, 0.29) is 11.9 Å². The van der Waals surface area contributed by atoms with Gasteiger partial charge in [-0.3, -0.25) is 4.79 Å². The lowest BCUT2D eigenvalue weighted by atomic mass is 9.99. The third-order valence-corrected chi connectivity index (χ3v) is 4.46. The standard InChI is InChI=1S/C19H18N2O2/c1-21-17-9-5-3-6-13(17)10-18(21)19(22)20-16-12-23-11-14-7-2-4-8-15(14)16/h2-10,16H,11-12H2,1H3,(H,20,22). The molecule has 0 spiro atoms. The zero-order chi connectivity index (χ0) is 15.8. The number of carbonyl (C=O) groups excluding carboxylic acids is 1. The van der Waals surface area contributed by atoms with Crippen molar-refractivity contribution >= 4 is 16.8 Å². The van der Waals surface area contributed by atoms with Crippen LogP contribution in [0.25, 0.3) is 10.9 Å². The van der Waals surface area contributed by atoms with E-state index in [1.165, 1.54) is 0 Å². The van der Waals surface area contributed by atoms with Gasteiger partial charge in [0.1, 0.15) is 5.69 Å². The highest BCUT2D eigenvalue weighted by Gasteiger charge is 2.23. The maximum absolute atomic E-state index is 12.7. The summed E-state index contributed by atoms with van der Waals surface area (Å²) in [6.07, 6.45) is 0. The zero-order valence-corrected chi connectivity index (χ0v) is 13.0. The van der Waals surface area contributed by atoms with Gasteiger partial charge >= 0.3 is 0 Å². The van der Waals surface area contributed by atoms with Gasteiger partial charge < -0.3 is 14.6 Å². The number of amides is 1.